The lowest BCUT2D eigenvalue weighted by atomic mass is 10.4. The Labute approximate surface area is 103 Å². The van der Waals surface area contributed by atoms with Crippen molar-refractivity contribution in [3.63, 3.8) is 0 Å². The Kier molecular flexibility index (Phi) is 2.99. The smallest absolute Gasteiger partial charge is 0.219 e. The van der Waals surface area contributed by atoms with Crippen molar-refractivity contribution in [1.82, 2.24) is 9.97 Å². The van der Waals surface area contributed by atoms with E-state index in [0.29, 0.717) is 5.02 Å². The van der Waals surface area contributed by atoms with Gasteiger partial charge in [-0.25, -0.2) is 18.4 Å². The molecule has 2 aromatic rings. The molecule has 0 aliphatic carbocycles. The van der Waals surface area contributed by atoms with E-state index < -0.39 is 9.84 Å². The van der Waals surface area contributed by atoms with Gasteiger partial charge in [0.05, 0.1) is 17.3 Å². The van der Waals surface area contributed by atoms with Crippen LogP contribution in [0.4, 0.5) is 5.95 Å². The van der Waals surface area contributed by atoms with Crippen LogP contribution in [-0.4, -0.2) is 18.4 Å². The largest absolute Gasteiger partial charge is 0.368 e. The number of rotatable bonds is 2. The zero-order chi connectivity index (χ0) is 12.5. The first-order valence-electron chi connectivity index (χ1n) is 4.58. The highest BCUT2D eigenvalue weighted by atomic mass is 35.5. The highest BCUT2D eigenvalue weighted by Gasteiger charge is 2.18. The van der Waals surface area contributed by atoms with Crippen LogP contribution in [0.5, 0.6) is 0 Å². The highest BCUT2D eigenvalue weighted by Crippen LogP contribution is 2.22. The van der Waals surface area contributed by atoms with Gasteiger partial charge in [0.2, 0.25) is 15.8 Å². The summed E-state index contributed by atoms with van der Waals surface area (Å²) in [5.41, 5.74) is 5.29. The van der Waals surface area contributed by atoms with Gasteiger partial charge in [0, 0.05) is 5.02 Å². The van der Waals surface area contributed by atoms with Gasteiger partial charge in [-0.3, -0.25) is 0 Å². The number of benzene rings is 1. The molecule has 0 saturated carbocycles. The van der Waals surface area contributed by atoms with Crippen molar-refractivity contribution in [3.05, 3.63) is 41.7 Å². The van der Waals surface area contributed by atoms with E-state index in [4.69, 9.17) is 17.3 Å². The fourth-order valence-corrected chi connectivity index (χ4v) is 2.69. The van der Waals surface area contributed by atoms with Crippen molar-refractivity contribution in [2.75, 3.05) is 5.73 Å². The molecular weight excluding hydrogens is 262 g/mol. The lowest BCUT2D eigenvalue weighted by Crippen LogP contribution is -2.04. The molecule has 0 atom stereocenters. The summed E-state index contributed by atoms with van der Waals surface area (Å²) in [6.45, 7) is 0. The number of nitrogens with zero attached hydrogens (tertiary/aromatic N) is 2. The Hall–Kier alpha value is -1.66. The zero-order valence-corrected chi connectivity index (χ0v) is 10.1. The molecule has 1 heterocycles. The number of anilines is 1. The number of nitrogen functional groups attached to an aromatic ring is 1. The Balaban J connectivity index is 2.54. The number of hydrogen-bond acceptors (Lipinski definition) is 5. The minimum atomic E-state index is -3.64. The van der Waals surface area contributed by atoms with Crippen molar-refractivity contribution >= 4 is 27.4 Å². The Bertz CT molecular complexity index is 641. The summed E-state index contributed by atoms with van der Waals surface area (Å²) in [6, 6.07) is 5.98. The molecule has 0 radical (unpaired) electrons. The number of sulfone groups is 1. The van der Waals surface area contributed by atoms with Gasteiger partial charge in [-0.15, -0.1) is 0 Å². The van der Waals surface area contributed by atoms with E-state index in [1.165, 1.54) is 24.5 Å². The SMILES string of the molecule is Nc1ncc(S(=O)(=O)c2cccc(Cl)c2)cn1. The second kappa shape index (κ2) is 4.31. The molecule has 88 valence electrons. The number of aromatic nitrogens is 2. The van der Waals surface area contributed by atoms with Crippen molar-refractivity contribution in [3.8, 4) is 0 Å². The molecule has 5 nitrogen and oxygen atoms in total. The third-order valence-electron chi connectivity index (χ3n) is 2.06. The lowest BCUT2D eigenvalue weighted by Gasteiger charge is -2.04. The molecule has 0 fully saturated rings. The summed E-state index contributed by atoms with van der Waals surface area (Å²) in [5, 5.41) is 0.349. The molecule has 0 spiro atoms. The molecule has 0 saturated heterocycles. The van der Waals surface area contributed by atoms with Gasteiger partial charge in [0.15, 0.2) is 0 Å². The number of nitrogens with two attached hydrogens (primary N) is 1. The van der Waals surface area contributed by atoms with Crippen LogP contribution in [0, 0.1) is 0 Å². The fourth-order valence-electron chi connectivity index (χ4n) is 1.24. The first-order valence-corrected chi connectivity index (χ1v) is 6.44. The maximum Gasteiger partial charge on any atom is 0.219 e. The molecule has 1 aromatic heterocycles. The van der Waals surface area contributed by atoms with Crippen LogP contribution < -0.4 is 5.73 Å². The molecule has 0 aliphatic rings. The van der Waals surface area contributed by atoms with Crippen LogP contribution in [-0.2, 0) is 9.84 Å². The van der Waals surface area contributed by atoms with Gasteiger partial charge in [-0.2, -0.15) is 0 Å². The zero-order valence-electron chi connectivity index (χ0n) is 8.54. The van der Waals surface area contributed by atoms with Crippen LogP contribution in [0.3, 0.4) is 0 Å². The molecule has 2 rings (SSSR count). The normalized spacial score (nSPS) is 11.4. The average molecular weight is 270 g/mol. The predicted molar refractivity (Wildman–Crippen MR) is 63.3 cm³/mol. The van der Waals surface area contributed by atoms with Gasteiger partial charge in [0.1, 0.15) is 4.90 Å². The second-order valence-corrected chi connectivity index (χ2v) is 5.62. The minimum absolute atomic E-state index is 0.0195. The second-order valence-electron chi connectivity index (χ2n) is 3.24. The monoisotopic (exact) mass is 269 g/mol. The van der Waals surface area contributed by atoms with Gasteiger partial charge >= 0.3 is 0 Å². The molecule has 7 heteroatoms. The van der Waals surface area contributed by atoms with Crippen LogP contribution in [0.1, 0.15) is 0 Å². The van der Waals surface area contributed by atoms with Gasteiger partial charge in [-0.1, -0.05) is 17.7 Å². The van der Waals surface area contributed by atoms with E-state index in [9.17, 15) is 8.42 Å². The fraction of sp³-hybridized carbons (Fsp3) is 0. The molecule has 0 aliphatic heterocycles. The van der Waals surface area contributed by atoms with Gasteiger partial charge in [0.25, 0.3) is 0 Å². The van der Waals surface area contributed by atoms with Crippen LogP contribution in [0.2, 0.25) is 5.02 Å². The topological polar surface area (TPSA) is 85.9 Å². The van der Waals surface area contributed by atoms with E-state index in [2.05, 4.69) is 9.97 Å². The Morgan fingerprint density at radius 2 is 1.76 bits per heavy atom. The van der Waals surface area contributed by atoms with Crippen LogP contribution >= 0.6 is 11.6 Å². The van der Waals surface area contributed by atoms with E-state index >= 15 is 0 Å². The lowest BCUT2D eigenvalue weighted by molar-refractivity contribution is 0.595. The van der Waals surface area contributed by atoms with Crippen molar-refractivity contribution in [2.45, 2.75) is 9.79 Å². The van der Waals surface area contributed by atoms with E-state index in [0.717, 1.165) is 0 Å². The molecule has 0 bridgehead atoms. The first kappa shape index (κ1) is 11.8. The van der Waals surface area contributed by atoms with Crippen molar-refractivity contribution < 1.29 is 8.42 Å². The number of halogens is 1. The summed E-state index contributed by atoms with van der Waals surface area (Å²) in [5.74, 6) is 0.0232. The van der Waals surface area contributed by atoms with E-state index in [1.54, 1.807) is 12.1 Å². The number of hydrogen-bond donors (Lipinski definition) is 1. The third-order valence-corrected chi connectivity index (χ3v) is 4.01. The van der Waals surface area contributed by atoms with Gasteiger partial charge < -0.3 is 5.73 Å². The summed E-state index contributed by atoms with van der Waals surface area (Å²) in [7, 11) is -3.64. The summed E-state index contributed by atoms with van der Waals surface area (Å²) >= 11 is 5.75. The van der Waals surface area contributed by atoms with Crippen LogP contribution in [0.25, 0.3) is 0 Å². The average Bonchev–Trinajstić information content (AvgIpc) is 2.29. The molecule has 2 N–H and O–H groups in total. The molecule has 0 amide bonds. The predicted octanol–water partition coefficient (Wildman–Crippen LogP) is 1.55. The molecule has 0 unspecified atom stereocenters. The maximum atomic E-state index is 12.1. The summed E-state index contributed by atoms with van der Waals surface area (Å²) < 4.78 is 24.2. The van der Waals surface area contributed by atoms with E-state index in [1.807, 2.05) is 0 Å². The standard InChI is InChI=1S/C10H8ClN3O2S/c11-7-2-1-3-8(4-7)17(15,16)9-5-13-10(12)14-6-9/h1-6H,(H2,12,13,14). The summed E-state index contributed by atoms with van der Waals surface area (Å²) in [6.07, 6.45) is 2.33. The molecular formula is C10H8ClN3O2S. The van der Waals surface area contributed by atoms with Gasteiger partial charge in [-0.05, 0) is 18.2 Å². The van der Waals surface area contributed by atoms with Crippen molar-refractivity contribution in [1.29, 1.82) is 0 Å². The quantitative estimate of drug-likeness (QED) is 0.894. The minimum Gasteiger partial charge on any atom is -0.368 e. The van der Waals surface area contributed by atoms with E-state index in [-0.39, 0.29) is 15.7 Å². The molecule has 1 aromatic carbocycles. The first-order chi connectivity index (χ1) is 8.00. The molecule has 17 heavy (non-hydrogen) atoms. The third kappa shape index (κ3) is 2.37. The Morgan fingerprint density at radius 3 is 2.35 bits per heavy atom. The van der Waals surface area contributed by atoms with Crippen LogP contribution in [0.15, 0.2) is 46.5 Å². The Morgan fingerprint density at radius 1 is 1.12 bits per heavy atom. The summed E-state index contributed by atoms with van der Waals surface area (Å²) in [4.78, 5) is 7.37. The highest BCUT2D eigenvalue weighted by molar-refractivity contribution is 7.91. The maximum absolute atomic E-state index is 12.1. The van der Waals surface area contributed by atoms with Crippen molar-refractivity contribution in [2.24, 2.45) is 0 Å².